The summed E-state index contributed by atoms with van der Waals surface area (Å²) in [5.74, 6) is -0.707. The molecule has 0 aliphatic carbocycles. The Balaban J connectivity index is 1.86. The van der Waals surface area contributed by atoms with E-state index in [2.05, 4.69) is 4.72 Å². The number of aryl methyl sites for hydroxylation is 2. The fourth-order valence-corrected chi connectivity index (χ4v) is 5.50. The van der Waals surface area contributed by atoms with Gasteiger partial charge in [0.05, 0.1) is 26.6 Å². The highest BCUT2D eigenvalue weighted by Gasteiger charge is 2.20. The molecule has 4 rings (SSSR count). The van der Waals surface area contributed by atoms with Crippen LogP contribution in [0.5, 0.6) is 0 Å². The average molecular weight is 478 g/mol. The Hall–Kier alpha value is -2.75. The second kappa shape index (κ2) is 8.07. The number of hydrogen-bond acceptors (Lipinski definition) is 4. The molecule has 0 saturated carbocycles. The largest absolute Gasteiger partial charge is 0.328 e. The maximum Gasteiger partial charge on any atom is 0.328 e. The van der Waals surface area contributed by atoms with Crippen LogP contribution < -0.4 is 10.4 Å². The number of nitrogens with one attached hydrogen (secondary N) is 1. The van der Waals surface area contributed by atoms with Gasteiger partial charge in [-0.1, -0.05) is 41.6 Å². The second-order valence-corrected chi connectivity index (χ2v) is 10.0. The molecule has 31 heavy (non-hydrogen) atoms. The number of anilines is 1. The smallest absolute Gasteiger partial charge is 0.295 e. The van der Waals surface area contributed by atoms with Crippen LogP contribution in [0.4, 0.5) is 10.1 Å². The van der Waals surface area contributed by atoms with Crippen LogP contribution in [0.15, 0.2) is 80.1 Å². The topological polar surface area (TPSA) is 73.1 Å². The molecule has 160 valence electrons. The first kappa shape index (κ1) is 21.5. The highest BCUT2D eigenvalue weighted by Crippen LogP contribution is 2.37. The van der Waals surface area contributed by atoms with Gasteiger partial charge in [-0.2, -0.15) is 0 Å². The fraction of sp³-hybridized carbons (Fsp3) is 0.0952. The highest BCUT2D eigenvalue weighted by molar-refractivity contribution is 7.99. The molecular weight excluding hydrogens is 461 g/mol. The summed E-state index contributed by atoms with van der Waals surface area (Å²) in [6.07, 6.45) is 0. The lowest BCUT2D eigenvalue weighted by Gasteiger charge is -2.14. The molecule has 6 nitrogen and oxygen atoms in total. The van der Waals surface area contributed by atoms with E-state index in [1.165, 1.54) is 20.9 Å². The molecule has 0 radical (unpaired) electrons. The van der Waals surface area contributed by atoms with Crippen molar-refractivity contribution >= 4 is 50.1 Å². The minimum Gasteiger partial charge on any atom is -0.295 e. The van der Waals surface area contributed by atoms with Crippen molar-refractivity contribution in [3.8, 4) is 0 Å². The number of rotatable bonds is 5. The standard InChI is InChI=1S/C21H17ClFN3O3S2/c1-25-18-11-17(24-31(28,29)14-8-9-16(23)15(22)10-14)20(12-19(18)26(2)21(25)27)30-13-6-4-3-5-7-13/h3-12,24H,1-2H3. The van der Waals surface area contributed by atoms with Crippen molar-refractivity contribution < 1.29 is 12.8 Å². The van der Waals surface area contributed by atoms with Crippen molar-refractivity contribution in [2.24, 2.45) is 14.1 Å². The van der Waals surface area contributed by atoms with Crippen LogP contribution in [0.3, 0.4) is 0 Å². The van der Waals surface area contributed by atoms with Crippen molar-refractivity contribution in [1.82, 2.24) is 9.13 Å². The maximum absolute atomic E-state index is 13.5. The number of fused-ring (bicyclic) bond motifs is 1. The molecule has 3 aromatic carbocycles. The summed E-state index contributed by atoms with van der Waals surface area (Å²) in [5.41, 5.74) is 1.30. The summed E-state index contributed by atoms with van der Waals surface area (Å²) >= 11 is 7.13. The van der Waals surface area contributed by atoms with Crippen LogP contribution in [0.2, 0.25) is 5.02 Å². The van der Waals surface area contributed by atoms with E-state index < -0.39 is 15.8 Å². The third-order valence-electron chi connectivity index (χ3n) is 4.79. The van der Waals surface area contributed by atoms with Gasteiger partial charge in [0.1, 0.15) is 5.82 Å². The monoisotopic (exact) mass is 477 g/mol. The quantitative estimate of drug-likeness (QED) is 0.455. The molecule has 4 aromatic rings. The molecular formula is C21H17ClFN3O3S2. The van der Waals surface area contributed by atoms with Crippen LogP contribution in [0.25, 0.3) is 11.0 Å². The Morgan fingerprint density at radius 3 is 2.26 bits per heavy atom. The summed E-state index contributed by atoms with van der Waals surface area (Å²) in [4.78, 5) is 13.7. The Bertz CT molecular complexity index is 1460. The van der Waals surface area contributed by atoms with E-state index in [0.29, 0.717) is 21.6 Å². The lowest BCUT2D eigenvalue weighted by molar-refractivity contribution is 0.599. The first-order valence-corrected chi connectivity index (χ1v) is 11.8. The van der Waals surface area contributed by atoms with Gasteiger partial charge in [-0.3, -0.25) is 13.9 Å². The predicted molar refractivity (Wildman–Crippen MR) is 121 cm³/mol. The van der Waals surface area contributed by atoms with E-state index in [-0.39, 0.29) is 15.6 Å². The molecule has 0 spiro atoms. The lowest BCUT2D eigenvalue weighted by atomic mass is 10.3. The highest BCUT2D eigenvalue weighted by atomic mass is 35.5. The van der Waals surface area contributed by atoms with E-state index in [4.69, 9.17) is 11.6 Å². The van der Waals surface area contributed by atoms with Crippen molar-refractivity contribution in [1.29, 1.82) is 0 Å². The molecule has 0 unspecified atom stereocenters. The van der Waals surface area contributed by atoms with Gasteiger partial charge in [-0.25, -0.2) is 17.6 Å². The number of imidazole rings is 1. The molecule has 0 aliphatic heterocycles. The molecule has 0 aliphatic rings. The molecule has 1 N–H and O–H groups in total. The summed E-state index contributed by atoms with van der Waals surface area (Å²) < 4.78 is 45.0. The number of aromatic nitrogens is 2. The summed E-state index contributed by atoms with van der Waals surface area (Å²) in [6, 6.07) is 16.0. The van der Waals surface area contributed by atoms with E-state index in [1.54, 1.807) is 26.2 Å². The maximum atomic E-state index is 13.5. The van der Waals surface area contributed by atoms with Crippen LogP contribution >= 0.6 is 23.4 Å². The van der Waals surface area contributed by atoms with Gasteiger partial charge < -0.3 is 0 Å². The fourth-order valence-electron chi connectivity index (χ4n) is 3.15. The Labute approximate surface area is 187 Å². The summed E-state index contributed by atoms with van der Waals surface area (Å²) in [5, 5.41) is -0.289. The molecule has 0 fully saturated rings. The summed E-state index contributed by atoms with van der Waals surface area (Å²) in [6.45, 7) is 0. The zero-order chi connectivity index (χ0) is 22.3. The first-order chi connectivity index (χ1) is 14.7. The SMILES string of the molecule is Cn1c(=O)n(C)c2cc(Sc3ccccc3)c(NS(=O)(=O)c3ccc(F)c(Cl)c3)cc21. The van der Waals surface area contributed by atoms with Gasteiger partial charge >= 0.3 is 5.69 Å². The Morgan fingerprint density at radius 1 is 0.968 bits per heavy atom. The predicted octanol–water partition coefficient (Wildman–Crippen LogP) is 4.62. The molecule has 0 amide bonds. The molecule has 1 aromatic heterocycles. The second-order valence-electron chi connectivity index (χ2n) is 6.83. The molecule has 0 bridgehead atoms. The van der Waals surface area contributed by atoms with Gasteiger partial charge in [0.15, 0.2) is 0 Å². The van der Waals surface area contributed by atoms with E-state index in [9.17, 15) is 17.6 Å². The van der Waals surface area contributed by atoms with Crippen LogP contribution in [-0.2, 0) is 24.1 Å². The van der Waals surface area contributed by atoms with Crippen LogP contribution in [0.1, 0.15) is 0 Å². The molecule has 0 saturated heterocycles. The molecule has 1 heterocycles. The third-order valence-corrected chi connectivity index (χ3v) is 7.51. The lowest BCUT2D eigenvalue weighted by Crippen LogP contribution is -2.19. The van der Waals surface area contributed by atoms with Crippen LogP contribution in [0, 0.1) is 5.82 Å². The van der Waals surface area contributed by atoms with E-state index in [0.717, 1.165) is 23.1 Å². The first-order valence-electron chi connectivity index (χ1n) is 9.07. The van der Waals surface area contributed by atoms with Crippen molar-refractivity contribution in [2.75, 3.05) is 4.72 Å². The Kier molecular flexibility index (Phi) is 5.59. The minimum absolute atomic E-state index is 0.170. The average Bonchev–Trinajstić information content (AvgIpc) is 2.94. The third kappa shape index (κ3) is 4.08. The van der Waals surface area contributed by atoms with Crippen LogP contribution in [-0.4, -0.2) is 17.6 Å². The number of sulfonamides is 1. The summed E-state index contributed by atoms with van der Waals surface area (Å²) in [7, 11) is -0.784. The van der Waals surface area contributed by atoms with Gasteiger partial charge in [0.2, 0.25) is 0 Å². The van der Waals surface area contributed by atoms with Gasteiger partial charge in [0, 0.05) is 23.9 Å². The van der Waals surface area contributed by atoms with Gasteiger partial charge in [-0.05, 0) is 42.5 Å². The van der Waals surface area contributed by atoms with Gasteiger partial charge in [0.25, 0.3) is 10.0 Å². The van der Waals surface area contributed by atoms with Crippen molar-refractivity contribution in [3.05, 3.63) is 82.0 Å². The Morgan fingerprint density at radius 2 is 1.61 bits per heavy atom. The number of benzene rings is 3. The van der Waals surface area contributed by atoms with Crippen molar-refractivity contribution in [2.45, 2.75) is 14.7 Å². The number of hydrogen-bond donors (Lipinski definition) is 1. The zero-order valence-corrected chi connectivity index (χ0v) is 18.9. The van der Waals surface area contributed by atoms with Crippen molar-refractivity contribution in [3.63, 3.8) is 0 Å². The molecule has 0 atom stereocenters. The number of halogens is 2. The van der Waals surface area contributed by atoms with E-state index >= 15 is 0 Å². The number of nitrogens with zero attached hydrogens (tertiary/aromatic N) is 2. The van der Waals surface area contributed by atoms with Gasteiger partial charge in [-0.15, -0.1) is 0 Å². The normalized spacial score (nSPS) is 11.7. The van der Waals surface area contributed by atoms with E-state index in [1.807, 2.05) is 30.3 Å². The zero-order valence-electron chi connectivity index (χ0n) is 16.5. The minimum atomic E-state index is -4.06. The molecule has 10 heteroatoms.